The lowest BCUT2D eigenvalue weighted by molar-refractivity contribution is -0.138. The molecular weight excluding hydrogens is 530 g/mol. The van der Waals surface area contributed by atoms with Crippen LogP contribution >= 0.6 is 15.9 Å². The van der Waals surface area contributed by atoms with Crippen LogP contribution in [-0.4, -0.2) is 42.6 Å². The zero-order valence-corrected chi connectivity index (χ0v) is 22.4. The highest BCUT2D eigenvalue weighted by Crippen LogP contribution is 2.41. The second-order valence-electron chi connectivity index (χ2n) is 9.27. The molecular formula is C25H32BrF4N3O2. The van der Waals surface area contributed by atoms with Gasteiger partial charge in [0.05, 0.1) is 17.5 Å². The number of likely N-dealkylation sites (N-methyl/N-ethyl adjacent to an activating group) is 1. The minimum atomic E-state index is -4.74. The summed E-state index contributed by atoms with van der Waals surface area (Å²) in [7, 11) is 3.47. The van der Waals surface area contributed by atoms with Gasteiger partial charge in [0.15, 0.2) is 0 Å². The first kappa shape index (κ1) is 29.0. The minimum absolute atomic E-state index is 0.0114. The fourth-order valence-electron chi connectivity index (χ4n) is 4.34. The van der Waals surface area contributed by atoms with Crippen LogP contribution in [0.25, 0.3) is 0 Å². The quantitative estimate of drug-likeness (QED) is 0.433. The van der Waals surface area contributed by atoms with Crippen molar-refractivity contribution in [1.82, 2.24) is 14.8 Å². The maximum Gasteiger partial charge on any atom is 0.416 e. The highest BCUT2D eigenvalue weighted by atomic mass is 79.9. The lowest BCUT2D eigenvalue weighted by Crippen LogP contribution is -2.50. The van der Waals surface area contributed by atoms with Crippen molar-refractivity contribution >= 4 is 21.8 Å². The normalized spacial score (nSPS) is 13.9. The van der Waals surface area contributed by atoms with Gasteiger partial charge in [-0.3, -0.25) is 9.59 Å². The van der Waals surface area contributed by atoms with Gasteiger partial charge in [-0.15, -0.1) is 0 Å². The third-order valence-electron chi connectivity index (χ3n) is 6.14. The lowest BCUT2D eigenvalue weighted by atomic mass is 9.75. The average molecular weight is 562 g/mol. The van der Waals surface area contributed by atoms with Crippen LogP contribution in [0, 0.1) is 18.7 Å². The third kappa shape index (κ3) is 6.33. The molecule has 1 heterocycles. The van der Waals surface area contributed by atoms with E-state index in [9.17, 15) is 22.8 Å². The van der Waals surface area contributed by atoms with Gasteiger partial charge in [0.25, 0.3) is 5.56 Å². The topological polar surface area (TPSA) is 54.3 Å². The number of aryl methyl sites for hydroxylation is 1. The molecule has 0 saturated carbocycles. The molecule has 1 aromatic heterocycles. The number of carbonyl (C=O) groups excluding carboxylic acids is 1. The number of alkyl halides is 3. The summed E-state index contributed by atoms with van der Waals surface area (Å²) in [6.45, 7) is 7.33. The van der Waals surface area contributed by atoms with E-state index in [1.165, 1.54) is 6.07 Å². The van der Waals surface area contributed by atoms with Crippen molar-refractivity contribution in [3.63, 3.8) is 0 Å². The van der Waals surface area contributed by atoms with Crippen LogP contribution < -0.4 is 10.9 Å². The molecule has 1 N–H and O–H groups in total. The maximum atomic E-state index is 15.7. The van der Waals surface area contributed by atoms with E-state index in [2.05, 4.69) is 21.2 Å². The average Bonchev–Trinajstić information content (AvgIpc) is 2.73. The Kier molecular flexibility index (Phi) is 9.33. The van der Waals surface area contributed by atoms with Gasteiger partial charge >= 0.3 is 6.18 Å². The summed E-state index contributed by atoms with van der Waals surface area (Å²) in [5.41, 5.74) is -3.32. The van der Waals surface area contributed by atoms with E-state index in [1.807, 2.05) is 0 Å². The Morgan fingerprint density at radius 3 is 2.31 bits per heavy atom. The van der Waals surface area contributed by atoms with E-state index in [1.54, 1.807) is 52.8 Å². The summed E-state index contributed by atoms with van der Waals surface area (Å²) in [5.74, 6) is -1.60. The number of carbonyl (C=O) groups is 1. The summed E-state index contributed by atoms with van der Waals surface area (Å²) in [4.78, 5) is 27.9. The van der Waals surface area contributed by atoms with Crippen LogP contribution in [0.2, 0.25) is 0 Å². The molecule has 194 valence electrons. The molecule has 1 aromatic carbocycles. The standard InChI is InChI=1S/C25H32BrF4N3O2/c1-7-31-21(34)13-24(15(2)3,20-11-18(26)10-16(4)23(20)27)33-14-17(8-9-32(5)6)19(12-22(33)35)25(28,29)30/h10-12,14-15H,7-9,13H2,1-6H3,(H,31,34)/t24-/m0/s1. The summed E-state index contributed by atoms with van der Waals surface area (Å²) >= 11 is 3.36. The van der Waals surface area contributed by atoms with Gasteiger partial charge in [-0.05, 0) is 63.5 Å². The minimum Gasteiger partial charge on any atom is -0.356 e. The molecule has 10 heteroatoms. The Labute approximate surface area is 211 Å². The van der Waals surface area contributed by atoms with Gasteiger partial charge in [0.1, 0.15) is 5.82 Å². The summed E-state index contributed by atoms with van der Waals surface area (Å²) in [6.07, 6.45) is -3.90. The number of hydrogen-bond acceptors (Lipinski definition) is 3. The van der Waals surface area contributed by atoms with Crippen LogP contribution in [-0.2, 0) is 22.9 Å². The highest BCUT2D eigenvalue weighted by Gasteiger charge is 2.44. The molecule has 0 aliphatic carbocycles. The summed E-state index contributed by atoms with van der Waals surface area (Å²) < 4.78 is 58.9. The van der Waals surface area contributed by atoms with Crippen molar-refractivity contribution < 1.29 is 22.4 Å². The molecule has 35 heavy (non-hydrogen) atoms. The van der Waals surface area contributed by atoms with Gasteiger partial charge in [0.2, 0.25) is 5.91 Å². The number of amides is 1. The molecule has 0 unspecified atom stereocenters. The molecule has 1 amide bonds. The predicted molar refractivity (Wildman–Crippen MR) is 132 cm³/mol. The Balaban J connectivity index is 3.00. The fourth-order valence-corrected chi connectivity index (χ4v) is 4.91. The van der Waals surface area contributed by atoms with E-state index in [0.29, 0.717) is 23.6 Å². The number of halogens is 5. The highest BCUT2D eigenvalue weighted by molar-refractivity contribution is 9.10. The molecule has 1 atom stereocenters. The monoisotopic (exact) mass is 561 g/mol. The number of nitrogens with zero attached hydrogens (tertiary/aromatic N) is 2. The second kappa shape index (κ2) is 11.2. The number of nitrogens with one attached hydrogen (secondary N) is 1. The molecule has 2 aromatic rings. The smallest absolute Gasteiger partial charge is 0.356 e. The van der Waals surface area contributed by atoms with Crippen molar-refractivity contribution in [1.29, 1.82) is 0 Å². The van der Waals surface area contributed by atoms with Crippen LogP contribution in [0.5, 0.6) is 0 Å². The Morgan fingerprint density at radius 1 is 1.17 bits per heavy atom. The summed E-state index contributed by atoms with van der Waals surface area (Å²) in [5, 5.41) is 2.68. The number of rotatable bonds is 9. The number of hydrogen-bond donors (Lipinski definition) is 1. The van der Waals surface area contributed by atoms with Gasteiger partial charge in [0, 0.05) is 35.4 Å². The first-order chi connectivity index (χ1) is 16.1. The van der Waals surface area contributed by atoms with Gasteiger partial charge in [-0.25, -0.2) is 4.39 Å². The zero-order chi connectivity index (χ0) is 26.7. The fraction of sp³-hybridized carbons (Fsp3) is 0.520. The molecule has 5 nitrogen and oxygen atoms in total. The molecule has 0 aliphatic heterocycles. The van der Waals surface area contributed by atoms with E-state index >= 15 is 4.39 Å². The molecule has 0 radical (unpaired) electrons. The maximum absolute atomic E-state index is 15.7. The summed E-state index contributed by atoms with van der Waals surface area (Å²) in [6, 6.07) is 3.61. The van der Waals surface area contributed by atoms with Gasteiger partial charge in [-0.2, -0.15) is 13.2 Å². The SMILES string of the molecule is CCNC(=O)C[C@@](c1cc(Br)cc(C)c1F)(C(C)C)n1cc(CCN(C)C)c(C(F)(F)F)cc1=O. The van der Waals surface area contributed by atoms with Crippen molar-refractivity contribution in [2.45, 2.75) is 52.3 Å². The molecule has 0 aliphatic rings. The van der Waals surface area contributed by atoms with E-state index in [-0.39, 0.29) is 29.5 Å². The van der Waals surface area contributed by atoms with Crippen molar-refractivity contribution in [2.75, 3.05) is 27.2 Å². The second-order valence-corrected chi connectivity index (χ2v) is 10.2. The zero-order valence-electron chi connectivity index (χ0n) is 20.8. The van der Waals surface area contributed by atoms with Crippen molar-refractivity contribution in [2.24, 2.45) is 5.92 Å². The molecule has 0 fully saturated rings. The van der Waals surface area contributed by atoms with Crippen molar-refractivity contribution in [3.8, 4) is 0 Å². The van der Waals surface area contributed by atoms with Crippen LogP contribution in [0.4, 0.5) is 17.6 Å². The molecule has 0 spiro atoms. The first-order valence-electron chi connectivity index (χ1n) is 11.4. The van der Waals surface area contributed by atoms with E-state index in [4.69, 9.17) is 0 Å². The predicted octanol–water partition coefficient (Wildman–Crippen LogP) is 5.11. The van der Waals surface area contributed by atoms with E-state index in [0.717, 1.165) is 10.8 Å². The largest absolute Gasteiger partial charge is 0.416 e. The van der Waals surface area contributed by atoms with E-state index < -0.39 is 40.5 Å². The Bertz CT molecular complexity index is 1130. The number of aromatic nitrogens is 1. The number of benzene rings is 1. The number of pyridine rings is 1. The third-order valence-corrected chi connectivity index (χ3v) is 6.60. The van der Waals surface area contributed by atoms with Crippen molar-refractivity contribution in [3.05, 3.63) is 67.3 Å². The first-order valence-corrected chi connectivity index (χ1v) is 12.1. The molecule has 0 bridgehead atoms. The van der Waals surface area contributed by atoms with Gasteiger partial charge < -0.3 is 14.8 Å². The van der Waals surface area contributed by atoms with Crippen LogP contribution in [0.1, 0.15) is 49.4 Å². The van der Waals surface area contributed by atoms with Gasteiger partial charge in [-0.1, -0.05) is 29.8 Å². The molecule has 2 rings (SSSR count). The Morgan fingerprint density at radius 2 is 1.80 bits per heavy atom. The van der Waals surface area contributed by atoms with Crippen LogP contribution in [0.15, 0.2) is 33.7 Å². The van der Waals surface area contributed by atoms with Crippen LogP contribution in [0.3, 0.4) is 0 Å². The molecule has 0 saturated heterocycles. The lowest BCUT2D eigenvalue weighted by Gasteiger charge is -2.41. The Hall–Kier alpha value is -2.20.